The van der Waals surface area contributed by atoms with Crippen LogP contribution in [0.25, 0.3) is 0 Å². The molecule has 2 saturated heterocycles. The van der Waals surface area contributed by atoms with Crippen LogP contribution in [0.3, 0.4) is 0 Å². The number of nitrogens with zero attached hydrogens (tertiary/aromatic N) is 4. The number of likely N-dealkylation sites (tertiary alicyclic amines) is 2. The van der Waals surface area contributed by atoms with Gasteiger partial charge in [-0.05, 0) is 23.6 Å². The number of carbonyl (C=O) groups excluding carboxylic acids is 1. The zero-order valence-corrected chi connectivity index (χ0v) is 15.6. The van der Waals surface area contributed by atoms with Crippen LogP contribution in [-0.2, 0) is 18.4 Å². The van der Waals surface area contributed by atoms with Crippen LogP contribution in [0.5, 0.6) is 5.75 Å². The standard InChI is InChI=1S/C20H26N4O2/c1-14(25)24-12-17-11-23(10-15-8-21-22(2)9-15)13-19(17)20(24)16-4-6-18(26-3)7-5-16/h4-9,17,19-20H,10-13H2,1-3H3/t17-,19-,20+/m1/s1. The van der Waals surface area contributed by atoms with Gasteiger partial charge in [0.15, 0.2) is 0 Å². The molecule has 2 fully saturated rings. The Morgan fingerprint density at radius 2 is 2.00 bits per heavy atom. The van der Waals surface area contributed by atoms with Crippen LogP contribution < -0.4 is 4.74 Å². The third-order valence-corrected chi connectivity index (χ3v) is 5.77. The number of hydrogen-bond donors (Lipinski definition) is 0. The summed E-state index contributed by atoms with van der Waals surface area (Å²) in [6.07, 6.45) is 4.02. The molecule has 26 heavy (non-hydrogen) atoms. The minimum absolute atomic E-state index is 0.155. The van der Waals surface area contributed by atoms with E-state index in [2.05, 4.69) is 33.2 Å². The molecular weight excluding hydrogens is 328 g/mol. The molecule has 0 spiro atoms. The number of benzene rings is 1. The van der Waals surface area contributed by atoms with Crippen molar-refractivity contribution in [3.8, 4) is 5.75 Å². The lowest BCUT2D eigenvalue weighted by Crippen LogP contribution is -2.34. The number of aryl methyl sites for hydroxylation is 1. The van der Waals surface area contributed by atoms with Crippen LogP contribution in [0.15, 0.2) is 36.7 Å². The quantitative estimate of drug-likeness (QED) is 0.844. The molecule has 0 saturated carbocycles. The largest absolute Gasteiger partial charge is 0.497 e. The van der Waals surface area contributed by atoms with E-state index in [0.29, 0.717) is 11.8 Å². The summed E-state index contributed by atoms with van der Waals surface area (Å²) in [5, 5.41) is 4.27. The highest BCUT2D eigenvalue weighted by Gasteiger charge is 2.48. The number of aromatic nitrogens is 2. The topological polar surface area (TPSA) is 50.6 Å². The van der Waals surface area contributed by atoms with Crippen LogP contribution in [-0.4, -0.2) is 52.2 Å². The summed E-state index contributed by atoms with van der Waals surface area (Å²) in [6, 6.07) is 8.34. The molecule has 1 aromatic heterocycles. The first-order valence-corrected chi connectivity index (χ1v) is 9.16. The van der Waals surface area contributed by atoms with Crippen molar-refractivity contribution in [2.24, 2.45) is 18.9 Å². The number of ether oxygens (including phenoxy) is 1. The van der Waals surface area contributed by atoms with E-state index in [-0.39, 0.29) is 11.9 Å². The van der Waals surface area contributed by atoms with Gasteiger partial charge in [0.05, 0.1) is 19.3 Å². The van der Waals surface area contributed by atoms with Gasteiger partial charge < -0.3 is 9.64 Å². The van der Waals surface area contributed by atoms with E-state index >= 15 is 0 Å². The van der Waals surface area contributed by atoms with Crippen LogP contribution >= 0.6 is 0 Å². The van der Waals surface area contributed by atoms with E-state index < -0.39 is 0 Å². The van der Waals surface area contributed by atoms with Crippen LogP contribution in [0, 0.1) is 11.8 Å². The van der Waals surface area contributed by atoms with Crippen molar-refractivity contribution >= 4 is 5.91 Å². The molecule has 4 rings (SSSR count). The molecular formula is C20H26N4O2. The number of hydrogen-bond acceptors (Lipinski definition) is 4. The molecule has 1 aromatic carbocycles. The van der Waals surface area contributed by atoms with Crippen molar-refractivity contribution in [3.05, 3.63) is 47.8 Å². The second kappa shape index (κ2) is 6.76. The maximum atomic E-state index is 12.2. The summed E-state index contributed by atoms with van der Waals surface area (Å²) in [7, 11) is 3.63. The van der Waals surface area contributed by atoms with Gasteiger partial charge in [-0.25, -0.2) is 0 Å². The lowest BCUT2D eigenvalue weighted by molar-refractivity contribution is -0.130. The van der Waals surface area contributed by atoms with Gasteiger partial charge in [0.2, 0.25) is 5.91 Å². The molecule has 0 radical (unpaired) electrons. The van der Waals surface area contributed by atoms with Crippen molar-refractivity contribution in [2.45, 2.75) is 19.5 Å². The highest BCUT2D eigenvalue weighted by Crippen LogP contribution is 2.45. The lowest BCUT2D eigenvalue weighted by atomic mass is 9.89. The van der Waals surface area contributed by atoms with Crippen molar-refractivity contribution in [3.63, 3.8) is 0 Å². The van der Waals surface area contributed by atoms with Crippen molar-refractivity contribution in [2.75, 3.05) is 26.7 Å². The van der Waals surface area contributed by atoms with Crippen LogP contribution in [0.4, 0.5) is 0 Å². The monoisotopic (exact) mass is 354 g/mol. The second-order valence-electron chi connectivity index (χ2n) is 7.53. The van der Waals surface area contributed by atoms with E-state index in [4.69, 9.17) is 4.74 Å². The number of amides is 1. The van der Waals surface area contributed by atoms with E-state index in [1.165, 1.54) is 11.1 Å². The summed E-state index contributed by atoms with van der Waals surface area (Å²) >= 11 is 0. The Morgan fingerprint density at radius 3 is 2.62 bits per heavy atom. The highest BCUT2D eigenvalue weighted by molar-refractivity contribution is 5.74. The van der Waals surface area contributed by atoms with Gasteiger partial charge in [-0.1, -0.05) is 12.1 Å². The fourth-order valence-electron chi connectivity index (χ4n) is 4.63. The molecule has 138 valence electrons. The Morgan fingerprint density at radius 1 is 1.23 bits per heavy atom. The molecule has 3 atom stereocenters. The molecule has 6 heteroatoms. The van der Waals surface area contributed by atoms with Crippen molar-refractivity contribution in [1.29, 1.82) is 0 Å². The fourth-order valence-corrected chi connectivity index (χ4v) is 4.63. The SMILES string of the molecule is COc1ccc([C@H]2[C@@H]3CN(Cc4cnn(C)c4)C[C@@H]3CN2C(C)=O)cc1. The molecule has 6 nitrogen and oxygen atoms in total. The van der Waals surface area contributed by atoms with Crippen molar-refractivity contribution < 1.29 is 9.53 Å². The zero-order chi connectivity index (χ0) is 18.3. The average molecular weight is 354 g/mol. The molecule has 2 aliphatic rings. The van der Waals surface area contributed by atoms with Gasteiger partial charge in [0.25, 0.3) is 0 Å². The van der Waals surface area contributed by atoms with Gasteiger partial charge in [-0.3, -0.25) is 14.4 Å². The summed E-state index contributed by atoms with van der Waals surface area (Å²) in [6.45, 7) is 5.51. The molecule has 0 bridgehead atoms. The van der Waals surface area contributed by atoms with Crippen LogP contribution in [0.2, 0.25) is 0 Å². The average Bonchev–Trinajstić information content (AvgIpc) is 3.29. The molecule has 2 aromatic rings. The second-order valence-corrected chi connectivity index (χ2v) is 7.53. The maximum Gasteiger partial charge on any atom is 0.219 e. The minimum atomic E-state index is 0.155. The number of methoxy groups -OCH3 is 1. The first-order valence-electron chi connectivity index (χ1n) is 9.16. The molecule has 0 unspecified atom stereocenters. The Balaban J connectivity index is 1.54. The van der Waals surface area contributed by atoms with E-state index in [0.717, 1.165) is 31.9 Å². The Hall–Kier alpha value is -2.34. The Bertz CT molecular complexity index is 785. The summed E-state index contributed by atoms with van der Waals surface area (Å²) < 4.78 is 7.13. The molecule has 0 N–H and O–H groups in total. The minimum Gasteiger partial charge on any atom is -0.497 e. The summed E-state index contributed by atoms with van der Waals surface area (Å²) in [5.41, 5.74) is 2.45. The van der Waals surface area contributed by atoms with Gasteiger partial charge in [0.1, 0.15) is 5.75 Å². The number of fused-ring (bicyclic) bond motifs is 1. The normalized spacial score (nSPS) is 25.5. The Labute approximate surface area is 154 Å². The molecule has 1 amide bonds. The smallest absolute Gasteiger partial charge is 0.219 e. The van der Waals surface area contributed by atoms with Gasteiger partial charge in [-0.15, -0.1) is 0 Å². The van der Waals surface area contributed by atoms with Crippen LogP contribution in [0.1, 0.15) is 24.1 Å². The fraction of sp³-hybridized carbons (Fsp3) is 0.500. The highest BCUT2D eigenvalue weighted by atomic mass is 16.5. The summed E-state index contributed by atoms with van der Waals surface area (Å²) in [5.74, 6) is 2.02. The number of carbonyl (C=O) groups is 1. The van der Waals surface area contributed by atoms with E-state index in [1.807, 2.05) is 30.1 Å². The lowest BCUT2D eigenvalue weighted by Gasteiger charge is -2.29. The first-order chi connectivity index (χ1) is 12.5. The van der Waals surface area contributed by atoms with Gasteiger partial charge >= 0.3 is 0 Å². The molecule has 0 aliphatic carbocycles. The van der Waals surface area contributed by atoms with Gasteiger partial charge in [-0.2, -0.15) is 5.10 Å². The Kier molecular flexibility index (Phi) is 4.44. The van der Waals surface area contributed by atoms with Crippen molar-refractivity contribution in [1.82, 2.24) is 19.6 Å². The zero-order valence-electron chi connectivity index (χ0n) is 15.6. The predicted molar refractivity (Wildman–Crippen MR) is 98.6 cm³/mol. The van der Waals surface area contributed by atoms with E-state index in [9.17, 15) is 4.79 Å². The third-order valence-electron chi connectivity index (χ3n) is 5.77. The predicted octanol–water partition coefficient (Wildman–Crippen LogP) is 2.08. The third kappa shape index (κ3) is 3.09. The van der Waals surface area contributed by atoms with E-state index in [1.54, 1.807) is 14.0 Å². The molecule has 2 aliphatic heterocycles. The number of rotatable bonds is 4. The maximum absolute atomic E-state index is 12.2. The first kappa shape index (κ1) is 17.1. The van der Waals surface area contributed by atoms with Gasteiger partial charge in [0, 0.05) is 57.8 Å². The molecule has 3 heterocycles. The summed E-state index contributed by atoms with van der Waals surface area (Å²) in [4.78, 5) is 16.8.